The van der Waals surface area contributed by atoms with Crippen LogP contribution >= 0.6 is 0 Å². The van der Waals surface area contributed by atoms with Crippen LogP contribution in [0.15, 0.2) is 48.7 Å². The highest BCUT2D eigenvalue weighted by atomic mass is 16.5. The summed E-state index contributed by atoms with van der Waals surface area (Å²) in [6, 6.07) is 14.2. The Kier molecular flexibility index (Phi) is 4.17. The Hall–Kier alpha value is -2.40. The third-order valence-electron chi connectivity index (χ3n) is 4.76. The molecule has 0 saturated carbocycles. The molecule has 1 saturated heterocycles. The number of hydrogen-bond acceptors (Lipinski definition) is 4. The Labute approximate surface area is 141 Å². The van der Waals surface area contributed by atoms with Gasteiger partial charge in [-0.25, -0.2) is 4.98 Å². The van der Waals surface area contributed by atoms with E-state index in [0.717, 1.165) is 25.3 Å². The lowest BCUT2D eigenvalue weighted by atomic mass is 9.99. The number of rotatable bonds is 2. The molecule has 5 nitrogen and oxygen atoms in total. The highest BCUT2D eigenvalue weighted by Crippen LogP contribution is 2.21. The highest BCUT2D eigenvalue weighted by Gasteiger charge is 2.32. The zero-order valence-corrected chi connectivity index (χ0v) is 13.6. The molecule has 1 fully saturated rings. The minimum absolute atomic E-state index is 0.0881. The zero-order chi connectivity index (χ0) is 16.4. The van der Waals surface area contributed by atoms with E-state index in [9.17, 15) is 4.79 Å². The number of benzene rings is 1. The largest absolute Gasteiger partial charge is 0.365 e. The monoisotopic (exact) mass is 323 g/mol. The minimum atomic E-state index is -0.411. The predicted octanol–water partition coefficient (Wildman–Crippen LogP) is 1.87. The van der Waals surface area contributed by atoms with Crippen molar-refractivity contribution < 1.29 is 9.53 Å². The summed E-state index contributed by atoms with van der Waals surface area (Å²) in [4.78, 5) is 21.3. The first-order chi connectivity index (χ1) is 11.8. The van der Waals surface area contributed by atoms with Gasteiger partial charge in [-0.15, -0.1) is 0 Å². The molecule has 0 bridgehead atoms. The number of carbonyl (C=O) groups excluding carboxylic acids is 1. The van der Waals surface area contributed by atoms with Gasteiger partial charge >= 0.3 is 0 Å². The maximum atomic E-state index is 12.9. The second-order valence-corrected chi connectivity index (χ2v) is 6.27. The molecule has 24 heavy (non-hydrogen) atoms. The maximum absolute atomic E-state index is 12.9. The summed E-state index contributed by atoms with van der Waals surface area (Å²) >= 11 is 0. The summed E-state index contributed by atoms with van der Waals surface area (Å²) < 4.78 is 5.77. The van der Waals surface area contributed by atoms with Gasteiger partial charge in [0.15, 0.2) is 6.10 Å². The van der Waals surface area contributed by atoms with E-state index in [-0.39, 0.29) is 5.91 Å². The molecule has 0 spiro atoms. The predicted molar refractivity (Wildman–Crippen MR) is 91.8 cm³/mol. The van der Waals surface area contributed by atoms with Crippen LogP contribution in [0.4, 0.5) is 5.82 Å². The Balaban J connectivity index is 1.45. The van der Waals surface area contributed by atoms with Gasteiger partial charge < -0.3 is 14.5 Å². The summed E-state index contributed by atoms with van der Waals surface area (Å²) in [5.74, 6) is 0.993. The molecule has 1 unspecified atom stereocenters. The fourth-order valence-electron chi connectivity index (χ4n) is 3.44. The third-order valence-corrected chi connectivity index (χ3v) is 4.76. The van der Waals surface area contributed by atoms with Gasteiger partial charge in [0.25, 0.3) is 5.91 Å². The second-order valence-electron chi connectivity index (χ2n) is 6.27. The van der Waals surface area contributed by atoms with Crippen molar-refractivity contribution in [3.8, 4) is 0 Å². The summed E-state index contributed by atoms with van der Waals surface area (Å²) in [7, 11) is 0. The average molecular weight is 323 g/mol. The fourth-order valence-corrected chi connectivity index (χ4v) is 3.44. The minimum Gasteiger partial charge on any atom is -0.365 e. The number of fused-ring (bicyclic) bond motifs is 1. The van der Waals surface area contributed by atoms with Crippen molar-refractivity contribution in [2.45, 2.75) is 19.1 Å². The van der Waals surface area contributed by atoms with E-state index in [0.29, 0.717) is 19.7 Å². The van der Waals surface area contributed by atoms with Crippen LogP contribution < -0.4 is 4.90 Å². The Morgan fingerprint density at radius 1 is 1.08 bits per heavy atom. The summed E-state index contributed by atoms with van der Waals surface area (Å²) in [6.07, 6.45) is 2.29. The lowest BCUT2D eigenvalue weighted by Gasteiger charge is -2.37. The first kappa shape index (κ1) is 15.1. The molecular weight excluding hydrogens is 302 g/mol. The smallest absolute Gasteiger partial charge is 0.253 e. The molecule has 2 aromatic rings. The van der Waals surface area contributed by atoms with Gasteiger partial charge in [-0.2, -0.15) is 0 Å². The first-order valence-corrected chi connectivity index (χ1v) is 8.44. The van der Waals surface area contributed by atoms with Crippen LogP contribution in [-0.4, -0.2) is 48.1 Å². The van der Waals surface area contributed by atoms with Crippen LogP contribution in [0.1, 0.15) is 11.1 Å². The Bertz CT molecular complexity index is 720. The highest BCUT2D eigenvalue weighted by molar-refractivity contribution is 5.82. The average Bonchev–Trinajstić information content (AvgIpc) is 2.68. The molecule has 124 valence electrons. The molecule has 0 radical (unpaired) electrons. The van der Waals surface area contributed by atoms with E-state index in [1.54, 1.807) is 6.20 Å². The number of nitrogens with zero attached hydrogens (tertiary/aromatic N) is 3. The quantitative estimate of drug-likeness (QED) is 0.846. The molecule has 0 aliphatic carbocycles. The van der Waals surface area contributed by atoms with Gasteiger partial charge in [0.1, 0.15) is 5.82 Å². The Morgan fingerprint density at radius 2 is 1.92 bits per heavy atom. The van der Waals surface area contributed by atoms with Crippen molar-refractivity contribution >= 4 is 11.7 Å². The van der Waals surface area contributed by atoms with E-state index < -0.39 is 6.10 Å². The molecule has 2 aliphatic rings. The number of pyridine rings is 1. The van der Waals surface area contributed by atoms with E-state index in [1.807, 2.05) is 29.2 Å². The van der Waals surface area contributed by atoms with E-state index in [2.05, 4.69) is 28.1 Å². The molecule has 4 rings (SSSR count). The molecule has 1 amide bonds. The number of ether oxygens (including phenoxy) is 1. The van der Waals surface area contributed by atoms with E-state index >= 15 is 0 Å². The maximum Gasteiger partial charge on any atom is 0.253 e. The lowest BCUT2D eigenvalue weighted by molar-refractivity contribution is -0.145. The molecule has 1 aromatic heterocycles. The van der Waals surface area contributed by atoms with E-state index in [4.69, 9.17) is 4.74 Å². The number of amides is 1. The van der Waals surface area contributed by atoms with Gasteiger partial charge in [0.05, 0.1) is 13.2 Å². The van der Waals surface area contributed by atoms with Crippen LogP contribution in [0.3, 0.4) is 0 Å². The third kappa shape index (κ3) is 2.99. The van der Waals surface area contributed by atoms with E-state index in [1.165, 1.54) is 11.1 Å². The van der Waals surface area contributed by atoms with Crippen molar-refractivity contribution in [1.29, 1.82) is 0 Å². The number of morpholine rings is 1. The summed E-state index contributed by atoms with van der Waals surface area (Å²) in [5.41, 5.74) is 2.59. The van der Waals surface area contributed by atoms with Crippen molar-refractivity contribution in [3.05, 3.63) is 59.8 Å². The number of hydrogen-bond donors (Lipinski definition) is 0. The Morgan fingerprint density at radius 3 is 2.75 bits per heavy atom. The van der Waals surface area contributed by atoms with Crippen molar-refractivity contribution in [2.24, 2.45) is 0 Å². The van der Waals surface area contributed by atoms with Gasteiger partial charge in [-0.3, -0.25) is 4.79 Å². The van der Waals surface area contributed by atoms with Crippen LogP contribution in [0.25, 0.3) is 0 Å². The SMILES string of the molecule is O=C(C1CN(c2ccccn2)CCO1)N1CCc2ccccc2C1. The molecule has 1 aromatic carbocycles. The van der Waals surface area contributed by atoms with Crippen molar-refractivity contribution in [1.82, 2.24) is 9.88 Å². The van der Waals surface area contributed by atoms with Crippen LogP contribution in [-0.2, 0) is 22.5 Å². The normalized spacial score (nSPS) is 20.6. The molecule has 1 atom stereocenters. The lowest BCUT2D eigenvalue weighted by Crippen LogP contribution is -2.52. The van der Waals surface area contributed by atoms with Crippen molar-refractivity contribution in [2.75, 3.05) is 31.1 Å². The molecule has 0 N–H and O–H groups in total. The topological polar surface area (TPSA) is 45.7 Å². The van der Waals surface area contributed by atoms with Gasteiger partial charge in [-0.1, -0.05) is 30.3 Å². The summed E-state index contributed by atoms with van der Waals surface area (Å²) in [5, 5.41) is 0. The number of aromatic nitrogens is 1. The first-order valence-electron chi connectivity index (χ1n) is 8.44. The molecular formula is C19H21N3O2. The standard InChI is InChI=1S/C19H21N3O2/c23-19(22-10-8-15-5-1-2-6-16(15)13-22)17-14-21(11-12-24-17)18-7-3-4-9-20-18/h1-7,9,17H,8,10-14H2. The zero-order valence-electron chi connectivity index (χ0n) is 13.6. The van der Waals surface area contributed by atoms with Gasteiger partial charge in [0.2, 0.25) is 0 Å². The summed E-state index contributed by atoms with van der Waals surface area (Å²) in [6.45, 7) is 3.33. The van der Waals surface area contributed by atoms with Crippen LogP contribution in [0.5, 0.6) is 0 Å². The van der Waals surface area contributed by atoms with Crippen molar-refractivity contribution in [3.63, 3.8) is 0 Å². The van der Waals surface area contributed by atoms with Crippen LogP contribution in [0.2, 0.25) is 0 Å². The second kappa shape index (κ2) is 6.61. The number of anilines is 1. The number of carbonyl (C=O) groups is 1. The van der Waals surface area contributed by atoms with Gasteiger partial charge in [-0.05, 0) is 29.7 Å². The molecule has 5 heteroatoms. The molecule has 2 aliphatic heterocycles. The van der Waals surface area contributed by atoms with Gasteiger partial charge in [0, 0.05) is 25.8 Å². The van der Waals surface area contributed by atoms with Crippen LogP contribution in [0, 0.1) is 0 Å². The fraction of sp³-hybridized carbons (Fsp3) is 0.368. The molecule has 3 heterocycles.